The van der Waals surface area contributed by atoms with Crippen molar-refractivity contribution in [2.24, 2.45) is 4.99 Å². The number of urea groups is 1. The highest BCUT2D eigenvalue weighted by molar-refractivity contribution is 8.16. The lowest BCUT2D eigenvalue weighted by molar-refractivity contribution is -0.195. The van der Waals surface area contributed by atoms with Crippen LogP contribution in [0, 0.1) is 0 Å². The number of alkyl halides is 4. The van der Waals surface area contributed by atoms with E-state index in [1.54, 1.807) is 29.6 Å². The largest absolute Gasteiger partial charge is 0.442 e. The van der Waals surface area contributed by atoms with Gasteiger partial charge in [-0.15, -0.1) is 0 Å². The molecule has 1 aliphatic heterocycles. The normalized spacial score (nSPS) is 22.2. The van der Waals surface area contributed by atoms with Crippen LogP contribution in [0.4, 0.5) is 28.0 Å². The van der Waals surface area contributed by atoms with Gasteiger partial charge in [-0.2, -0.15) is 18.2 Å². The summed E-state index contributed by atoms with van der Waals surface area (Å²) in [7, 11) is 0. The van der Waals surface area contributed by atoms with Crippen LogP contribution in [0.5, 0.6) is 0 Å². The van der Waals surface area contributed by atoms with Gasteiger partial charge in [0.15, 0.2) is 5.17 Å². The third-order valence-corrected chi connectivity index (χ3v) is 4.40. The first kappa shape index (κ1) is 17.2. The maximum absolute atomic E-state index is 13.7. The molecule has 2 N–H and O–H groups in total. The van der Waals surface area contributed by atoms with Crippen LogP contribution < -0.4 is 10.6 Å². The van der Waals surface area contributed by atoms with Crippen molar-refractivity contribution in [2.45, 2.75) is 11.2 Å². The van der Waals surface area contributed by atoms with E-state index in [1.165, 1.54) is 0 Å². The number of amides is 3. The zero-order valence-electron chi connectivity index (χ0n) is 12.2. The number of hydrogen-bond acceptors (Lipinski definition) is 3. The second-order valence-electron chi connectivity index (χ2n) is 5.06. The zero-order chi connectivity index (χ0) is 18.2. The Bertz CT molecular complexity index is 900. The van der Waals surface area contributed by atoms with E-state index in [2.05, 4.69) is 10.3 Å². The maximum atomic E-state index is 13.7. The molecule has 0 radical (unpaired) electrons. The molecule has 5 nitrogen and oxygen atoms in total. The van der Waals surface area contributed by atoms with Crippen molar-refractivity contribution in [1.29, 1.82) is 0 Å². The quantitative estimate of drug-likeness (QED) is 0.749. The van der Waals surface area contributed by atoms with E-state index >= 15 is 0 Å². The predicted molar refractivity (Wildman–Crippen MR) is 86.0 cm³/mol. The summed E-state index contributed by atoms with van der Waals surface area (Å²) < 4.78 is 51.5. The van der Waals surface area contributed by atoms with Crippen molar-refractivity contribution in [3.05, 3.63) is 42.5 Å². The molecule has 130 valence electrons. The lowest BCUT2D eigenvalue weighted by Crippen LogP contribution is -2.45. The van der Waals surface area contributed by atoms with E-state index < -0.39 is 40.0 Å². The average molecular weight is 371 g/mol. The molecule has 1 atom stereocenters. The van der Waals surface area contributed by atoms with E-state index in [0.717, 1.165) is 10.8 Å². The molecule has 1 heterocycles. The van der Waals surface area contributed by atoms with Crippen LogP contribution in [0.2, 0.25) is 0 Å². The first-order valence-electron chi connectivity index (χ1n) is 6.84. The Balaban J connectivity index is 1.75. The van der Waals surface area contributed by atoms with Gasteiger partial charge in [0.2, 0.25) is 0 Å². The highest BCUT2D eigenvalue weighted by atomic mass is 32.2. The van der Waals surface area contributed by atoms with Crippen molar-refractivity contribution in [3.8, 4) is 0 Å². The topological polar surface area (TPSA) is 70.6 Å². The Labute approximate surface area is 142 Å². The van der Waals surface area contributed by atoms with Crippen molar-refractivity contribution < 1.29 is 27.2 Å². The molecule has 25 heavy (non-hydrogen) atoms. The summed E-state index contributed by atoms with van der Waals surface area (Å²) in [6.45, 7) is 0. The van der Waals surface area contributed by atoms with Gasteiger partial charge in [-0.3, -0.25) is 4.79 Å². The minimum absolute atomic E-state index is 0.352. The molecule has 0 unspecified atom stereocenters. The molecule has 0 saturated carbocycles. The van der Waals surface area contributed by atoms with Crippen molar-refractivity contribution in [3.63, 3.8) is 0 Å². The zero-order valence-corrected chi connectivity index (χ0v) is 13.0. The van der Waals surface area contributed by atoms with Gasteiger partial charge in [0.25, 0.3) is 5.91 Å². The molecule has 0 aliphatic carbocycles. The summed E-state index contributed by atoms with van der Waals surface area (Å²) in [4.78, 5) is 26.3. The van der Waals surface area contributed by atoms with Gasteiger partial charge in [-0.05, 0) is 34.7 Å². The number of amidine groups is 1. The summed E-state index contributed by atoms with van der Waals surface area (Å²) in [6.07, 6.45) is -5.42. The number of carbonyl (C=O) groups excluding carboxylic acids is 2. The first-order chi connectivity index (χ1) is 11.7. The molecule has 1 aliphatic rings. The highest BCUT2D eigenvalue weighted by Gasteiger charge is 2.67. The standard InChI is InChI=1S/C15H9F4N3O2S/c16-14(15(17,18)19)11(23)21-13(25-14)22-12(24)20-10-6-5-8-3-1-2-4-9(8)7-10/h1-7H,(H2,20,21,22,23,24)/t14-/m0/s1. The van der Waals surface area contributed by atoms with Gasteiger partial charge < -0.3 is 10.6 Å². The van der Waals surface area contributed by atoms with Crippen LogP contribution in [0.3, 0.4) is 0 Å². The van der Waals surface area contributed by atoms with Crippen LogP contribution in [0.15, 0.2) is 47.5 Å². The summed E-state index contributed by atoms with van der Waals surface area (Å²) in [5.41, 5.74) is 0.352. The monoisotopic (exact) mass is 371 g/mol. The number of rotatable bonds is 1. The van der Waals surface area contributed by atoms with E-state index in [-0.39, 0.29) is 0 Å². The molecule has 10 heteroatoms. The molecule has 3 amide bonds. The van der Waals surface area contributed by atoms with Crippen LogP contribution >= 0.6 is 11.8 Å². The minimum Gasteiger partial charge on any atom is -0.306 e. The molecule has 2 aromatic carbocycles. The number of carbonyl (C=O) groups is 2. The molecule has 1 saturated heterocycles. The number of aliphatic imine (C=N–C) groups is 1. The number of nitrogens with one attached hydrogen (secondary N) is 2. The van der Waals surface area contributed by atoms with Gasteiger partial charge in [0.05, 0.1) is 0 Å². The van der Waals surface area contributed by atoms with E-state index in [0.29, 0.717) is 5.69 Å². The Morgan fingerprint density at radius 3 is 2.48 bits per heavy atom. The molecule has 1 fully saturated rings. The second-order valence-corrected chi connectivity index (χ2v) is 6.21. The smallest absolute Gasteiger partial charge is 0.306 e. The highest BCUT2D eigenvalue weighted by Crippen LogP contribution is 2.46. The van der Waals surface area contributed by atoms with E-state index in [4.69, 9.17) is 0 Å². The fraction of sp³-hybridized carbons (Fsp3) is 0.133. The lowest BCUT2D eigenvalue weighted by Gasteiger charge is -2.17. The molecular formula is C15H9F4N3O2S. The number of anilines is 1. The second kappa shape index (κ2) is 6.03. The third kappa shape index (κ3) is 3.29. The molecule has 3 rings (SSSR count). The Kier molecular flexibility index (Phi) is 4.15. The number of thioether (sulfide) groups is 1. The Morgan fingerprint density at radius 2 is 1.84 bits per heavy atom. The molecular weight excluding hydrogens is 362 g/mol. The van der Waals surface area contributed by atoms with Crippen molar-refractivity contribution in [1.82, 2.24) is 5.32 Å². The van der Waals surface area contributed by atoms with Crippen LogP contribution in [-0.2, 0) is 4.79 Å². The average Bonchev–Trinajstić information content (AvgIpc) is 2.82. The Hall–Kier alpha value is -2.62. The number of fused-ring (bicyclic) bond motifs is 1. The van der Waals surface area contributed by atoms with Gasteiger partial charge in [-0.1, -0.05) is 30.3 Å². The fourth-order valence-electron chi connectivity index (χ4n) is 2.13. The number of halogens is 4. The predicted octanol–water partition coefficient (Wildman–Crippen LogP) is 3.82. The van der Waals surface area contributed by atoms with Crippen LogP contribution in [-0.4, -0.2) is 28.3 Å². The van der Waals surface area contributed by atoms with Gasteiger partial charge in [-0.25, -0.2) is 9.18 Å². The third-order valence-electron chi connectivity index (χ3n) is 3.32. The van der Waals surface area contributed by atoms with Gasteiger partial charge in [0, 0.05) is 5.69 Å². The number of hydrogen-bond donors (Lipinski definition) is 2. The number of benzene rings is 2. The molecule has 0 spiro atoms. The molecule has 2 aromatic rings. The minimum atomic E-state index is -5.42. The van der Waals surface area contributed by atoms with Gasteiger partial charge >= 0.3 is 17.2 Å². The van der Waals surface area contributed by atoms with Gasteiger partial charge in [0.1, 0.15) is 0 Å². The first-order valence-corrected chi connectivity index (χ1v) is 7.65. The maximum Gasteiger partial charge on any atom is 0.442 e. The SMILES string of the molecule is O=C(N=C1NC(=O)[C@@](F)(C(F)(F)F)S1)Nc1ccc2ccccc2c1. The Morgan fingerprint density at radius 1 is 1.16 bits per heavy atom. The summed E-state index contributed by atoms with van der Waals surface area (Å²) in [5, 5.41) is 0.802. The number of nitrogens with zero attached hydrogens (tertiary/aromatic N) is 1. The summed E-state index contributed by atoms with van der Waals surface area (Å²) in [6, 6.07) is 11.2. The fourth-order valence-corrected chi connectivity index (χ4v) is 2.93. The van der Waals surface area contributed by atoms with Crippen molar-refractivity contribution in [2.75, 3.05) is 5.32 Å². The summed E-state index contributed by atoms with van der Waals surface area (Å²) >= 11 is -0.494. The van der Waals surface area contributed by atoms with Crippen LogP contribution in [0.1, 0.15) is 0 Å². The van der Waals surface area contributed by atoms with Crippen molar-refractivity contribution >= 4 is 45.3 Å². The molecule has 0 bridgehead atoms. The van der Waals surface area contributed by atoms with Crippen LogP contribution in [0.25, 0.3) is 10.8 Å². The van der Waals surface area contributed by atoms with E-state index in [9.17, 15) is 27.2 Å². The molecule has 0 aromatic heterocycles. The summed E-state index contributed by atoms with van der Waals surface area (Å²) in [5.74, 6) is -1.91. The lowest BCUT2D eigenvalue weighted by atomic mass is 10.1. The van der Waals surface area contributed by atoms with E-state index in [1.807, 2.05) is 18.2 Å².